The summed E-state index contributed by atoms with van der Waals surface area (Å²) in [6.07, 6.45) is 0.447. The molecule has 0 saturated heterocycles. The molecule has 5 nitrogen and oxygen atoms in total. The molecule has 0 aliphatic carbocycles. The van der Waals surface area contributed by atoms with Crippen LogP contribution in [0.1, 0.15) is 24.0 Å². The second-order valence-corrected chi connectivity index (χ2v) is 5.76. The molecular formula is C20H25ClN2O3. The minimum atomic E-state index is -0.666. The van der Waals surface area contributed by atoms with Crippen LogP contribution in [-0.4, -0.2) is 31.1 Å². The van der Waals surface area contributed by atoms with Crippen molar-refractivity contribution >= 4 is 24.3 Å². The van der Waals surface area contributed by atoms with Crippen LogP contribution in [0.15, 0.2) is 60.7 Å². The van der Waals surface area contributed by atoms with E-state index in [1.807, 2.05) is 60.7 Å². The van der Waals surface area contributed by atoms with Crippen molar-refractivity contribution < 1.29 is 14.3 Å². The van der Waals surface area contributed by atoms with Gasteiger partial charge in [-0.25, -0.2) is 0 Å². The molecule has 0 fully saturated rings. The summed E-state index contributed by atoms with van der Waals surface area (Å²) in [5.74, 6) is -1.19. The lowest BCUT2D eigenvalue weighted by atomic mass is 9.99. The summed E-state index contributed by atoms with van der Waals surface area (Å²) in [6.45, 7) is 2.21. The van der Waals surface area contributed by atoms with E-state index >= 15 is 0 Å². The van der Waals surface area contributed by atoms with Crippen molar-refractivity contribution in [1.29, 1.82) is 0 Å². The quantitative estimate of drug-likeness (QED) is 0.693. The number of amides is 1. The van der Waals surface area contributed by atoms with Crippen LogP contribution in [0.2, 0.25) is 0 Å². The molecule has 0 spiro atoms. The molecule has 0 radical (unpaired) electrons. The molecule has 26 heavy (non-hydrogen) atoms. The van der Waals surface area contributed by atoms with Crippen molar-refractivity contribution in [2.45, 2.75) is 25.3 Å². The van der Waals surface area contributed by atoms with Gasteiger partial charge in [0.2, 0.25) is 5.91 Å². The molecule has 0 aliphatic rings. The minimum absolute atomic E-state index is 0. The number of ether oxygens (including phenoxy) is 1. The van der Waals surface area contributed by atoms with E-state index < -0.39 is 12.0 Å². The van der Waals surface area contributed by atoms with E-state index in [2.05, 4.69) is 5.32 Å². The molecule has 0 heterocycles. The average Bonchev–Trinajstić information content (AvgIpc) is 2.63. The molecule has 2 unspecified atom stereocenters. The largest absolute Gasteiger partial charge is 0.465 e. The fourth-order valence-corrected chi connectivity index (χ4v) is 2.56. The number of carbonyl (C=O) groups excluding carboxylic acids is 2. The number of hydrogen-bond acceptors (Lipinski definition) is 4. The Morgan fingerprint density at radius 1 is 1.04 bits per heavy atom. The van der Waals surface area contributed by atoms with Gasteiger partial charge < -0.3 is 15.8 Å². The molecular weight excluding hydrogens is 352 g/mol. The minimum Gasteiger partial charge on any atom is -0.465 e. The Kier molecular flexibility index (Phi) is 9.41. The molecule has 0 aromatic heterocycles. The summed E-state index contributed by atoms with van der Waals surface area (Å²) in [6, 6.07) is 18.2. The zero-order valence-electron chi connectivity index (χ0n) is 14.8. The third-order valence-electron chi connectivity index (χ3n) is 3.89. The number of nitrogens with two attached hydrogens (primary N) is 1. The molecule has 2 aromatic rings. The topological polar surface area (TPSA) is 81.4 Å². The highest BCUT2D eigenvalue weighted by atomic mass is 35.5. The fourth-order valence-electron chi connectivity index (χ4n) is 2.56. The molecule has 2 atom stereocenters. The molecule has 1 amide bonds. The van der Waals surface area contributed by atoms with Crippen molar-refractivity contribution in [3.63, 3.8) is 0 Å². The highest BCUT2D eigenvalue weighted by molar-refractivity contribution is 5.85. The average molecular weight is 377 g/mol. The van der Waals surface area contributed by atoms with Crippen molar-refractivity contribution in [2.75, 3.05) is 13.2 Å². The molecule has 2 aromatic carbocycles. The van der Waals surface area contributed by atoms with Gasteiger partial charge in [0.25, 0.3) is 0 Å². The standard InChI is InChI=1S/C20H24N2O3.ClH/c1-2-25-20(24)17(16-11-7-4-8-12-16)14-22-19(23)18(21)13-15-9-5-3-6-10-15;/h3-12,17-18H,2,13-14,21H2,1H3,(H,22,23);1H. The van der Waals surface area contributed by atoms with Crippen LogP contribution in [0, 0.1) is 0 Å². The van der Waals surface area contributed by atoms with Gasteiger partial charge in [0.05, 0.1) is 18.6 Å². The van der Waals surface area contributed by atoms with Crippen LogP contribution in [0.3, 0.4) is 0 Å². The van der Waals surface area contributed by atoms with Crippen LogP contribution in [0.4, 0.5) is 0 Å². The highest BCUT2D eigenvalue weighted by Crippen LogP contribution is 2.16. The maximum atomic E-state index is 12.3. The van der Waals surface area contributed by atoms with Gasteiger partial charge in [0.15, 0.2) is 0 Å². The zero-order chi connectivity index (χ0) is 18.1. The number of nitrogens with one attached hydrogen (secondary N) is 1. The number of benzene rings is 2. The van der Waals surface area contributed by atoms with Gasteiger partial charge in [-0.15, -0.1) is 12.4 Å². The van der Waals surface area contributed by atoms with Gasteiger partial charge in [0.1, 0.15) is 0 Å². The monoisotopic (exact) mass is 376 g/mol. The Balaban J connectivity index is 0.00000338. The third kappa shape index (κ3) is 6.50. The smallest absolute Gasteiger partial charge is 0.315 e. The predicted molar refractivity (Wildman–Crippen MR) is 104 cm³/mol. The third-order valence-corrected chi connectivity index (χ3v) is 3.89. The van der Waals surface area contributed by atoms with Gasteiger partial charge in [-0.05, 0) is 24.5 Å². The van der Waals surface area contributed by atoms with E-state index in [0.717, 1.165) is 11.1 Å². The van der Waals surface area contributed by atoms with Crippen LogP contribution in [0.25, 0.3) is 0 Å². The molecule has 2 rings (SSSR count). The Hall–Kier alpha value is -2.37. The van der Waals surface area contributed by atoms with Crippen molar-refractivity contribution in [2.24, 2.45) is 5.73 Å². The summed E-state index contributed by atoms with van der Waals surface area (Å²) in [4.78, 5) is 24.5. The first-order valence-corrected chi connectivity index (χ1v) is 8.40. The number of hydrogen-bond donors (Lipinski definition) is 2. The number of carbonyl (C=O) groups is 2. The molecule has 3 N–H and O–H groups in total. The van der Waals surface area contributed by atoms with E-state index in [0.29, 0.717) is 13.0 Å². The van der Waals surface area contributed by atoms with E-state index in [1.165, 1.54) is 0 Å². The summed E-state index contributed by atoms with van der Waals surface area (Å²) in [5, 5.41) is 2.78. The molecule has 6 heteroatoms. The fraction of sp³-hybridized carbons (Fsp3) is 0.300. The SMILES string of the molecule is CCOC(=O)C(CNC(=O)C(N)Cc1ccccc1)c1ccccc1.Cl. The first-order valence-electron chi connectivity index (χ1n) is 8.40. The molecule has 140 valence electrons. The van der Waals surface area contributed by atoms with E-state index in [9.17, 15) is 9.59 Å². The summed E-state index contributed by atoms with van der Waals surface area (Å²) >= 11 is 0. The first kappa shape index (κ1) is 21.7. The number of rotatable bonds is 8. The molecule has 0 aliphatic heterocycles. The van der Waals surface area contributed by atoms with Crippen LogP contribution in [0.5, 0.6) is 0 Å². The van der Waals surface area contributed by atoms with Gasteiger partial charge in [-0.1, -0.05) is 60.7 Å². The van der Waals surface area contributed by atoms with Crippen molar-refractivity contribution in [3.8, 4) is 0 Å². The van der Waals surface area contributed by atoms with Crippen LogP contribution >= 0.6 is 12.4 Å². The van der Waals surface area contributed by atoms with Gasteiger partial charge >= 0.3 is 5.97 Å². The first-order chi connectivity index (χ1) is 12.1. The second kappa shape index (κ2) is 11.3. The summed E-state index contributed by atoms with van der Waals surface area (Å²) in [5.41, 5.74) is 7.78. The van der Waals surface area contributed by atoms with Crippen molar-refractivity contribution in [1.82, 2.24) is 5.32 Å². The lowest BCUT2D eigenvalue weighted by molar-refractivity contribution is -0.144. The zero-order valence-corrected chi connectivity index (χ0v) is 15.6. The van der Waals surface area contributed by atoms with Gasteiger partial charge in [0, 0.05) is 6.54 Å². The Morgan fingerprint density at radius 3 is 2.19 bits per heavy atom. The highest BCUT2D eigenvalue weighted by Gasteiger charge is 2.24. The van der Waals surface area contributed by atoms with E-state index in [1.54, 1.807) is 6.92 Å². The van der Waals surface area contributed by atoms with Gasteiger partial charge in [-0.3, -0.25) is 9.59 Å². The van der Waals surface area contributed by atoms with E-state index in [4.69, 9.17) is 10.5 Å². The summed E-state index contributed by atoms with van der Waals surface area (Å²) in [7, 11) is 0. The maximum Gasteiger partial charge on any atom is 0.315 e. The maximum absolute atomic E-state index is 12.3. The molecule has 0 bridgehead atoms. The predicted octanol–water partition coefficient (Wildman–Crippen LogP) is 2.44. The van der Waals surface area contributed by atoms with Crippen molar-refractivity contribution in [3.05, 3.63) is 71.8 Å². The van der Waals surface area contributed by atoms with E-state index in [-0.39, 0.29) is 30.8 Å². The number of esters is 1. The second-order valence-electron chi connectivity index (χ2n) is 5.76. The Bertz CT molecular complexity index is 680. The Morgan fingerprint density at radius 2 is 1.62 bits per heavy atom. The van der Waals surface area contributed by atoms with Crippen LogP contribution < -0.4 is 11.1 Å². The molecule has 0 saturated carbocycles. The van der Waals surface area contributed by atoms with Crippen LogP contribution in [-0.2, 0) is 20.7 Å². The lowest BCUT2D eigenvalue weighted by Crippen LogP contribution is -2.44. The number of halogens is 1. The Labute approximate surface area is 160 Å². The lowest BCUT2D eigenvalue weighted by Gasteiger charge is -2.18. The van der Waals surface area contributed by atoms with Gasteiger partial charge in [-0.2, -0.15) is 0 Å². The summed E-state index contributed by atoms with van der Waals surface area (Å²) < 4.78 is 5.13. The normalized spacial score (nSPS) is 12.4.